The van der Waals surface area contributed by atoms with Gasteiger partial charge in [0.15, 0.2) is 0 Å². The van der Waals surface area contributed by atoms with Crippen LogP contribution in [0.25, 0.3) is 0 Å². The first-order chi connectivity index (χ1) is 5.62. The fourth-order valence-corrected chi connectivity index (χ4v) is 2.36. The zero-order chi connectivity index (χ0) is 9.19. The zero-order valence-electron chi connectivity index (χ0n) is 9.19. The van der Waals surface area contributed by atoms with Gasteiger partial charge in [0.05, 0.1) is 0 Å². The lowest BCUT2D eigenvalue weighted by molar-refractivity contribution is 0.0276. The van der Waals surface area contributed by atoms with E-state index in [1.165, 1.54) is 32.1 Å². The molecule has 0 spiro atoms. The van der Waals surface area contributed by atoms with Gasteiger partial charge in [0.25, 0.3) is 0 Å². The number of rotatable bonds is 4. The van der Waals surface area contributed by atoms with Crippen molar-refractivity contribution in [1.29, 1.82) is 0 Å². The molecule has 0 bridgehead atoms. The highest BCUT2D eigenvalue weighted by molar-refractivity contribution is 4.91. The average molecular weight is 168 g/mol. The van der Waals surface area contributed by atoms with Gasteiger partial charge in [-0.05, 0) is 36.5 Å². The Kier molecular flexibility index (Phi) is 3.20. The summed E-state index contributed by atoms with van der Waals surface area (Å²) in [7, 11) is 0. The number of hydrogen-bond donors (Lipinski definition) is 0. The number of hydrogen-bond acceptors (Lipinski definition) is 0. The molecule has 0 saturated heterocycles. The van der Waals surface area contributed by atoms with E-state index in [0.29, 0.717) is 5.41 Å². The molecule has 0 aromatic carbocycles. The molecule has 0 heteroatoms. The first-order valence-electron chi connectivity index (χ1n) is 5.62. The SMILES string of the molecule is CCC(C)CC1CCC1(C)CC. The average Bonchev–Trinajstić information content (AvgIpc) is 2.10. The van der Waals surface area contributed by atoms with E-state index in [0.717, 1.165) is 11.8 Å². The van der Waals surface area contributed by atoms with Crippen molar-refractivity contribution in [2.24, 2.45) is 17.3 Å². The molecular formula is C12H24. The lowest BCUT2D eigenvalue weighted by Gasteiger charge is -2.48. The van der Waals surface area contributed by atoms with Crippen molar-refractivity contribution >= 4 is 0 Å². The molecule has 1 fully saturated rings. The minimum Gasteiger partial charge on any atom is -0.0651 e. The molecule has 1 rings (SSSR count). The Bertz CT molecular complexity index is 135. The molecule has 1 saturated carbocycles. The van der Waals surface area contributed by atoms with Gasteiger partial charge in [-0.3, -0.25) is 0 Å². The molecule has 12 heavy (non-hydrogen) atoms. The predicted octanol–water partition coefficient (Wildman–Crippen LogP) is 4.25. The summed E-state index contributed by atoms with van der Waals surface area (Å²) < 4.78 is 0. The summed E-state index contributed by atoms with van der Waals surface area (Å²) in [5.74, 6) is 1.98. The molecule has 1 aliphatic rings. The summed E-state index contributed by atoms with van der Waals surface area (Å²) in [4.78, 5) is 0. The van der Waals surface area contributed by atoms with Gasteiger partial charge >= 0.3 is 0 Å². The van der Waals surface area contributed by atoms with Crippen LogP contribution in [0.4, 0.5) is 0 Å². The monoisotopic (exact) mass is 168 g/mol. The molecule has 0 nitrogen and oxygen atoms in total. The van der Waals surface area contributed by atoms with E-state index in [2.05, 4.69) is 27.7 Å². The molecule has 0 aromatic rings. The van der Waals surface area contributed by atoms with E-state index in [-0.39, 0.29) is 0 Å². The lowest BCUT2D eigenvalue weighted by Crippen LogP contribution is -2.37. The smallest absolute Gasteiger partial charge is 0.0300 e. The van der Waals surface area contributed by atoms with Gasteiger partial charge in [-0.2, -0.15) is 0 Å². The Balaban J connectivity index is 2.34. The van der Waals surface area contributed by atoms with Crippen LogP contribution in [0.3, 0.4) is 0 Å². The summed E-state index contributed by atoms with van der Waals surface area (Å²) >= 11 is 0. The molecule has 0 radical (unpaired) electrons. The van der Waals surface area contributed by atoms with E-state index >= 15 is 0 Å². The van der Waals surface area contributed by atoms with Crippen molar-refractivity contribution < 1.29 is 0 Å². The van der Waals surface area contributed by atoms with E-state index in [1.54, 1.807) is 0 Å². The fraction of sp³-hybridized carbons (Fsp3) is 1.00. The third-order valence-electron chi connectivity index (χ3n) is 4.24. The van der Waals surface area contributed by atoms with E-state index in [1.807, 2.05) is 0 Å². The van der Waals surface area contributed by atoms with Crippen LogP contribution in [-0.2, 0) is 0 Å². The van der Waals surface area contributed by atoms with Crippen molar-refractivity contribution in [2.45, 2.75) is 59.8 Å². The van der Waals surface area contributed by atoms with Gasteiger partial charge in [-0.15, -0.1) is 0 Å². The molecule has 0 N–H and O–H groups in total. The predicted molar refractivity (Wildman–Crippen MR) is 55.2 cm³/mol. The Morgan fingerprint density at radius 2 is 2.08 bits per heavy atom. The molecule has 3 unspecified atom stereocenters. The molecule has 0 amide bonds. The van der Waals surface area contributed by atoms with Crippen LogP contribution in [-0.4, -0.2) is 0 Å². The van der Waals surface area contributed by atoms with Gasteiger partial charge in [0.1, 0.15) is 0 Å². The van der Waals surface area contributed by atoms with Crippen LogP contribution in [0.1, 0.15) is 59.8 Å². The van der Waals surface area contributed by atoms with Crippen LogP contribution in [0.5, 0.6) is 0 Å². The fourth-order valence-electron chi connectivity index (χ4n) is 2.36. The molecule has 0 aliphatic heterocycles. The second-order valence-corrected chi connectivity index (χ2v) is 4.99. The van der Waals surface area contributed by atoms with Crippen molar-refractivity contribution in [1.82, 2.24) is 0 Å². The molecule has 72 valence electrons. The summed E-state index contributed by atoms with van der Waals surface area (Å²) in [6.45, 7) is 9.54. The normalized spacial score (nSPS) is 37.5. The Morgan fingerprint density at radius 1 is 1.42 bits per heavy atom. The third-order valence-corrected chi connectivity index (χ3v) is 4.24. The second-order valence-electron chi connectivity index (χ2n) is 4.99. The van der Waals surface area contributed by atoms with E-state index in [4.69, 9.17) is 0 Å². The molecule has 1 aliphatic carbocycles. The van der Waals surface area contributed by atoms with Gasteiger partial charge in [-0.25, -0.2) is 0 Å². The first kappa shape index (κ1) is 10.1. The zero-order valence-corrected chi connectivity index (χ0v) is 9.19. The van der Waals surface area contributed by atoms with Crippen molar-refractivity contribution in [2.75, 3.05) is 0 Å². The van der Waals surface area contributed by atoms with Crippen LogP contribution < -0.4 is 0 Å². The van der Waals surface area contributed by atoms with Crippen LogP contribution in [0.15, 0.2) is 0 Å². The standard InChI is InChI=1S/C12H24/c1-5-10(3)9-11-7-8-12(11,4)6-2/h10-11H,5-9H2,1-4H3. The minimum atomic E-state index is 0.712. The minimum absolute atomic E-state index is 0.712. The maximum atomic E-state index is 2.48. The maximum absolute atomic E-state index is 2.48. The van der Waals surface area contributed by atoms with Crippen molar-refractivity contribution in [3.63, 3.8) is 0 Å². The topological polar surface area (TPSA) is 0 Å². The largest absolute Gasteiger partial charge is 0.0651 e. The van der Waals surface area contributed by atoms with Crippen LogP contribution in [0, 0.1) is 17.3 Å². The molecular weight excluding hydrogens is 144 g/mol. The van der Waals surface area contributed by atoms with Crippen molar-refractivity contribution in [3.8, 4) is 0 Å². The summed E-state index contributed by atoms with van der Waals surface area (Å²) in [5.41, 5.74) is 0.712. The summed E-state index contributed by atoms with van der Waals surface area (Å²) in [6.07, 6.45) is 7.19. The Morgan fingerprint density at radius 3 is 2.42 bits per heavy atom. The summed E-state index contributed by atoms with van der Waals surface area (Å²) in [5, 5.41) is 0. The molecule has 3 atom stereocenters. The van der Waals surface area contributed by atoms with Gasteiger partial charge in [0.2, 0.25) is 0 Å². The van der Waals surface area contributed by atoms with Gasteiger partial charge < -0.3 is 0 Å². The lowest BCUT2D eigenvalue weighted by atomic mass is 9.57. The van der Waals surface area contributed by atoms with E-state index in [9.17, 15) is 0 Å². The Hall–Kier alpha value is 0. The van der Waals surface area contributed by atoms with Crippen LogP contribution >= 0.6 is 0 Å². The second kappa shape index (κ2) is 3.81. The molecule has 0 heterocycles. The highest BCUT2D eigenvalue weighted by Crippen LogP contribution is 2.51. The summed E-state index contributed by atoms with van der Waals surface area (Å²) in [6, 6.07) is 0. The maximum Gasteiger partial charge on any atom is -0.0300 e. The highest BCUT2D eigenvalue weighted by Gasteiger charge is 2.40. The van der Waals surface area contributed by atoms with Gasteiger partial charge in [-0.1, -0.05) is 40.5 Å². The van der Waals surface area contributed by atoms with Crippen molar-refractivity contribution in [3.05, 3.63) is 0 Å². The van der Waals surface area contributed by atoms with Gasteiger partial charge in [0, 0.05) is 0 Å². The van der Waals surface area contributed by atoms with E-state index < -0.39 is 0 Å². The third kappa shape index (κ3) is 1.84. The Labute approximate surface area is 77.7 Å². The van der Waals surface area contributed by atoms with Crippen LogP contribution in [0.2, 0.25) is 0 Å². The quantitative estimate of drug-likeness (QED) is 0.588. The molecule has 0 aromatic heterocycles. The highest BCUT2D eigenvalue weighted by atomic mass is 14.5. The first-order valence-corrected chi connectivity index (χ1v) is 5.62.